The van der Waals surface area contributed by atoms with Crippen LogP contribution in [0, 0.1) is 0 Å². The van der Waals surface area contributed by atoms with E-state index < -0.39 is 0 Å². The zero-order valence-corrected chi connectivity index (χ0v) is 17.0. The Morgan fingerprint density at radius 2 is 1.44 bits per heavy atom. The molecule has 3 nitrogen and oxygen atoms in total. The first kappa shape index (κ1) is 21.4. The number of aromatic hydroxyl groups is 1. The molecule has 0 heterocycles. The lowest BCUT2D eigenvalue weighted by molar-refractivity contribution is 0.108. The quantitative estimate of drug-likeness (QED) is 0.320. The van der Waals surface area contributed by atoms with Crippen LogP contribution < -0.4 is 4.74 Å². The number of benzene rings is 2. The molecule has 2 aromatic rings. The first-order chi connectivity index (χ1) is 13.2. The third-order valence-corrected chi connectivity index (χ3v) is 5.33. The first-order valence-electron chi connectivity index (χ1n) is 9.93. The number of rotatable bonds is 12. The molecule has 0 aromatic heterocycles. The van der Waals surface area contributed by atoms with Gasteiger partial charge in [-0.2, -0.15) is 0 Å². The van der Waals surface area contributed by atoms with Crippen LogP contribution in [-0.4, -0.2) is 16.8 Å². The smallest absolute Gasteiger partial charge is 0.224 e. The molecule has 0 amide bonds. The Labute approximate surface area is 167 Å². The minimum atomic E-state index is -0.0182. The van der Waals surface area contributed by atoms with Crippen LogP contribution in [0.1, 0.15) is 68.6 Å². The fraction of sp³-hybridized carbons (Fsp3) is 0.435. The van der Waals surface area contributed by atoms with E-state index in [0.29, 0.717) is 5.56 Å². The van der Waals surface area contributed by atoms with Gasteiger partial charge in [0.05, 0.1) is 6.61 Å². The third kappa shape index (κ3) is 8.53. The van der Waals surface area contributed by atoms with E-state index >= 15 is 0 Å². The average molecular weight is 387 g/mol. The van der Waals surface area contributed by atoms with Crippen LogP contribution >= 0.6 is 11.8 Å². The van der Waals surface area contributed by atoms with E-state index in [-0.39, 0.29) is 10.9 Å². The zero-order chi connectivity index (χ0) is 19.3. The van der Waals surface area contributed by atoms with Crippen molar-refractivity contribution >= 4 is 16.9 Å². The minimum Gasteiger partial charge on any atom is -0.508 e. The molecule has 0 radical (unpaired) electrons. The summed E-state index contributed by atoms with van der Waals surface area (Å²) in [5.41, 5.74) is 0.646. The maximum Gasteiger partial charge on any atom is 0.224 e. The number of carbonyl (C=O) groups is 1. The highest BCUT2D eigenvalue weighted by Gasteiger charge is 2.08. The van der Waals surface area contributed by atoms with Crippen molar-refractivity contribution in [2.45, 2.75) is 63.2 Å². The summed E-state index contributed by atoms with van der Waals surface area (Å²) in [4.78, 5) is 13.1. The van der Waals surface area contributed by atoms with Gasteiger partial charge in [0, 0.05) is 10.5 Å². The molecule has 0 spiro atoms. The molecule has 0 saturated carbocycles. The Hall–Kier alpha value is -1.94. The van der Waals surface area contributed by atoms with Crippen molar-refractivity contribution in [3.8, 4) is 11.5 Å². The van der Waals surface area contributed by atoms with Crippen molar-refractivity contribution in [1.29, 1.82) is 0 Å². The summed E-state index contributed by atoms with van der Waals surface area (Å²) < 4.78 is 5.77. The Kier molecular flexibility index (Phi) is 9.85. The molecule has 0 bridgehead atoms. The summed E-state index contributed by atoms with van der Waals surface area (Å²) in [6.07, 6.45) is 10.3. The molecular weight excluding hydrogens is 356 g/mol. The molecular formula is C23H30O3S. The Morgan fingerprint density at radius 1 is 0.852 bits per heavy atom. The largest absolute Gasteiger partial charge is 0.508 e. The predicted molar refractivity (Wildman–Crippen MR) is 113 cm³/mol. The first-order valence-corrected chi connectivity index (χ1v) is 10.7. The second-order valence-corrected chi connectivity index (χ2v) is 7.78. The summed E-state index contributed by atoms with van der Waals surface area (Å²) in [5, 5.41) is 9.27. The highest BCUT2D eigenvalue weighted by molar-refractivity contribution is 8.14. The van der Waals surface area contributed by atoms with Crippen LogP contribution in [0.4, 0.5) is 0 Å². The van der Waals surface area contributed by atoms with Crippen molar-refractivity contribution in [2.75, 3.05) is 6.61 Å². The molecule has 2 aromatic carbocycles. The van der Waals surface area contributed by atoms with Crippen LogP contribution in [0.2, 0.25) is 0 Å². The topological polar surface area (TPSA) is 46.5 Å². The van der Waals surface area contributed by atoms with Crippen LogP contribution in [0.15, 0.2) is 53.4 Å². The van der Waals surface area contributed by atoms with Gasteiger partial charge in [0.25, 0.3) is 0 Å². The highest BCUT2D eigenvalue weighted by Crippen LogP contribution is 2.25. The Bertz CT molecular complexity index is 665. The van der Waals surface area contributed by atoms with Crippen molar-refractivity contribution in [2.24, 2.45) is 0 Å². The lowest BCUT2D eigenvalue weighted by Crippen LogP contribution is -1.98. The summed E-state index contributed by atoms with van der Waals surface area (Å²) in [6.45, 7) is 2.97. The summed E-state index contributed by atoms with van der Waals surface area (Å²) in [6, 6.07) is 14.0. The average Bonchev–Trinajstić information content (AvgIpc) is 2.69. The van der Waals surface area contributed by atoms with Gasteiger partial charge in [0.15, 0.2) is 0 Å². The fourth-order valence-corrected chi connectivity index (χ4v) is 3.53. The van der Waals surface area contributed by atoms with Crippen LogP contribution in [0.3, 0.4) is 0 Å². The Balaban J connectivity index is 1.64. The number of phenolic OH excluding ortho intramolecular Hbond substituents is 1. The molecule has 1 N–H and O–H groups in total. The highest BCUT2D eigenvalue weighted by atomic mass is 32.2. The minimum absolute atomic E-state index is 0.0182. The van der Waals surface area contributed by atoms with E-state index in [2.05, 4.69) is 6.92 Å². The summed E-state index contributed by atoms with van der Waals surface area (Å²) >= 11 is 1.15. The predicted octanol–water partition coefficient (Wildman–Crippen LogP) is 6.84. The van der Waals surface area contributed by atoms with E-state index in [1.165, 1.54) is 44.9 Å². The maximum absolute atomic E-state index is 12.3. The van der Waals surface area contributed by atoms with Gasteiger partial charge in [-0.15, -0.1) is 0 Å². The molecule has 0 aliphatic rings. The SMILES string of the molecule is CCCCCCCCCCOc1ccc(C(=O)Sc2ccc(O)cc2)cc1. The molecule has 27 heavy (non-hydrogen) atoms. The number of hydrogen-bond acceptors (Lipinski definition) is 4. The number of thioether (sulfide) groups is 1. The standard InChI is InChI=1S/C23H30O3S/c1-2-3-4-5-6-7-8-9-18-26-21-14-10-19(11-15-21)23(25)27-22-16-12-20(24)13-17-22/h10-17,24H,2-9,18H2,1H3. The van der Waals surface area contributed by atoms with E-state index in [1.807, 2.05) is 12.1 Å². The molecule has 0 aliphatic heterocycles. The van der Waals surface area contributed by atoms with Gasteiger partial charge >= 0.3 is 0 Å². The van der Waals surface area contributed by atoms with Gasteiger partial charge in [0.1, 0.15) is 11.5 Å². The van der Waals surface area contributed by atoms with Gasteiger partial charge in [-0.1, -0.05) is 51.9 Å². The van der Waals surface area contributed by atoms with E-state index in [0.717, 1.165) is 35.4 Å². The molecule has 0 saturated heterocycles. The second kappa shape index (κ2) is 12.4. The lowest BCUT2D eigenvalue weighted by atomic mass is 10.1. The van der Waals surface area contributed by atoms with Gasteiger partial charge in [-0.25, -0.2) is 0 Å². The van der Waals surface area contributed by atoms with E-state index in [1.54, 1.807) is 36.4 Å². The number of carbonyl (C=O) groups excluding carboxylic acids is 1. The summed E-state index contributed by atoms with van der Waals surface area (Å²) in [7, 11) is 0. The normalized spacial score (nSPS) is 10.7. The lowest BCUT2D eigenvalue weighted by Gasteiger charge is -2.07. The second-order valence-electron chi connectivity index (χ2n) is 6.73. The van der Waals surface area contributed by atoms with Gasteiger partial charge in [-0.05, 0) is 66.7 Å². The zero-order valence-electron chi connectivity index (χ0n) is 16.2. The van der Waals surface area contributed by atoms with Crippen molar-refractivity contribution in [3.63, 3.8) is 0 Å². The Morgan fingerprint density at radius 3 is 2.07 bits per heavy atom. The molecule has 2 rings (SSSR count). The molecule has 0 unspecified atom stereocenters. The molecule has 0 fully saturated rings. The number of ether oxygens (including phenoxy) is 1. The van der Waals surface area contributed by atoms with Gasteiger partial charge in [-0.3, -0.25) is 4.79 Å². The molecule has 0 aliphatic carbocycles. The molecule has 0 atom stereocenters. The fourth-order valence-electron chi connectivity index (χ4n) is 2.79. The van der Waals surface area contributed by atoms with Gasteiger partial charge in [0.2, 0.25) is 5.12 Å². The third-order valence-electron chi connectivity index (χ3n) is 4.40. The van der Waals surface area contributed by atoms with Crippen LogP contribution in [0.5, 0.6) is 11.5 Å². The van der Waals surface area contributed by atoms with Crippen molar-refractivity contribution < 1.29 is 14.6 Å². The van der Waals surface area contributed by atoms with Gasteiger partial charge < -0.3 is 9.84 Å². The van der Waals surface area contributed by atoms with Crippen LogP contribution in [-0.2, 0) is 0 Å². The number of phenols is 1. The maximum atomic E-state index is 12.3. The van der Waals surface area contributed by atoms with E-state index in [9.17, 15) is 9.90 Å². The molecule has 4 heteroatoms. The van der Waals surface area contributed by atoms with Crippen molar-refractivity contribution in [3.05, 3.63) is 54.1 Å². The van der Waals surface area contributed by atoms with Crippen molar-refractivity contribution in [1.82, 2.24) is 0 Å². The summed E-state index contributed by atoms with van der Waals surface area (Å²) in [5.74, 6) is 1.01. The number of unbranched alkanes of at least 4 members (excludes halogenated alkanes) is 7. The van der Waals surface area contributed by atoms with Crippen LogP contribution in [0.25, 0.3) is 0 Å². The monoisotopic (exact) mass is 386 g/mol. The number of hydrogen-bond donors (Lipinski definition) is 1. The van der Waals surface area contributed by atoms with E-state index in [4.69, 9.17) is 4.74 Å². The molecule has 146 valence electrons.